The predicted molar refractivity (Wildman–Crippen MR) is 47.0 cm³/mol. The maximum atomic E-state index is 9.96. The minimum absolute atomic E-state index is 0.410. The summed E-state index contributed by atoms with van der Waals surface area (Å²) in [5, 5.41) is 0. The molecule has 0 radical (unpaired) electrons. The SMILES string of the molecule is Nc1cccc(OCCC=O)c1. The van der Waals surface area contributed by atoms with E-state index in [0.29, 0.717) is 24.5 Å². The van der Waals surface area contributed by atoms with Gasteiger partial charge in [-0.1, -0.05) is 6.07 Å². The Balaban J connectivity index is 2.46. The van der Waals surface area contributed by atoms with Crippen LogP contribution in [0.4, 0.5) is 5.69 Å². The van der Waals surface area contributed by atoms with Crippen molar-refractivity contribution in [3.8, 4) is 5.75 Å². The predicted octanol–water partition coefficient (Wildman–Crippen LogP) is 1.24. The molecule has 0 spiro atoms. The number of ether oxygens (including phenoxy) is 1. The molecule has 0 saturated carbocycles. The van der Waals surface area contributed by atoms with E-state index < -0.39 is 0 Å². The fourth-order valence-electron chi connectivity index (χ4n) is 0.829. The second-order valence-corrected chi connectivity index (χ2v) is 2.38. The highest BCUT2D eigenvalue weighted by atomic mass is 16.5. The minimum Gasteiger partial charge on any atom is -0.493 e. The molecule has 0 fully saturated rings. The molecule has 0 bridgehead atoms. The first kappa shape index (κ1) is 8.59. The third-order valence-corrected chi connectivity index (χ3v) is 1.36. The Bertz CT molecular complexity index is 260. The van der Waals surface area contributed by atoms with Crippen LogP contribution in [0.15, 0.2) is 24.3 Å². The Labute approximate surface area is 71.1 Å². The van der Waals surface area contributed by atoms with Gasteiger partial charge >= 0.3 is 0 Å². The van der Waals surface area contributed by atoms with Crippen LogP contribution in [0, 0.1) is 0 Å². The standard InChI is InChI=1S/C9H11NO2/c10-8-3-1-4-9(7-8)12-6-2-5-11/h1,3-5,7H,2,6,10H2. The molecule has 1 rings (SSSR count). The molecule has 64 valence electrons. The van der Waals surface area contributed by atoms with Crippen molar-refractivity contribution in [3.05, 3.63) is 24.3 Å². The van der Waals surface area contributed by atoms with Crippen LogP contribution in [0.2, 0.25) is 0 Å². The van der Waals surface area contributed by atoms with Gasteiger partial charge in [0.25, 0.3) is 0 Å². The van der Waals surface area contributed by atoms with Crippen LogP contribution >= 0.6 is 0 Å². The number of nitrogen functional groups attached to an aromatic ring is 1. The molecule has 3 nitrogen and oxygen atoms in total. The number of rotatable bonds is 4. The molecule has 1 aromatic rings. The van der Waals surface area contributed by atoms with E-state index in [1.54, 1.807) is 18.2 Å². The highest BCUT2D eigenvalue weighted by molar-refractivity contribution is 5.49. The smallest absolute Gasteiger partial charge is 0.123 e. The highest BCUT2D eigenvalue weighted by Gasteiger charge is 1.92. The molecular formula is C9H11NO2. The van der Waals surface area contributed by atoms with Crippen molar-refractivity contribution in [2.24, 2.45) is 0 Å². The number of anilines is 1. The molecule has 0 aromatic heterocycles. The number of aldehydes is 1. The Hall–Kier alpha value is -1.51. The summed E-state index contributed by atoms with van der Waals surface area (Å²) in [4.78, 5) is 9.96. The highest BCUT2D eigenvalue weighted by Crippen LogP contribution is 2.14. The van der Waals surface area contributed by atoms with Gasteiger partial charge in [-0.3, -0.25) is 0 Å². The van der Waals surface area contributed by atoms with Crippen LogP contribution < -0.4 is 10.5 Å². The van der Waals surface area contributed by atoms with Gasteiger partial charge < -0.3 is 15.3 Å². The third kappa shape index (κ3) is 2.62. The van der Waals surface area contributed by atoms with E-state index in [2.05, 4.69) is 0 Å². The van der Waals surface area contributed by atoms with Crippen molar-refractivity contribution in [2.45, 2.75) is 6.42 Å². The Kier molecular flexibility index (Phi) is 3.14. The first-order valence-corrected chi connectivity index (χ1v) is 3.75. The summed E-state index contributed by atoms with van der Waals surface area (Å²) in [6.45, 7) is 0.410. The van der Waals surface area contributed by atoms with E-state index in [0.717, 1.165) is 6.29 Å². The lowest BCUT2D eigenvalue weighted by Gasteiger charge is -2.03. The number of benzene rings is 1. The number of carbonyl (C=O) groups excluding carboxylic acids is 1. The fraction of sp³-hybridized carbons (Fsp3) is 0.222. The first-order valence-electron chi connectivity index (χ1n) is 3.75. The lowest BCUT2D eigenvalue weighted by Crippen LogP contribution is -1.97. The van der Waals surface area contributed by atoms with Crippen LogP contribution in [0.1, 0.15) is 6.42 Å². The third-order valence-electron chi connectivity index (χ3n) is 1.36. The number of hydrogen-bond acceptors (Lipinski definition) is 3. The van der Waals surface area contributed by atoms with Gasteiger partial charge in [-0.15, -0.1) is 0 Å². The maximum Gasteiger partial charge on any atom is 0.123 e. The first-order chi connectivity index (χ1) is 5.83. The molecular weight excluding hydrogens is 154 g/mol. The van der Waals surface area contributed by atoms with Crippen molar-refractivity contribution < 1.29 is 9.53 Å². The van der Waals surface area contributed by atoms with Crippen LogP contribution in [-0.2, 0) is 4.79 Å². The van der Waals surface area contributed by atoms with Crippen LogP contribution in [0.3, 0.4) is 0 Å². The molecule has 0 aliphatic rings. The normalized spacial score (nSPS) is 9.33. The molecule has 12 heavy (non-hydrogen) atoms. The fourth-order valence-corrected chi connectivity index (χ4v) is 0.829. The average Bonchev–Trinajstić information content (AvgIpc) is 2.05. The zero-order valence-corrected chi connectivity index (χ0v) is 6.69. The summed E-state index contributed by atoms with van der Waals surface area (Å²) in [5.74, 6) is 0.705. The molecule has 0 aliphatic carbocycles. The minimum atomic E-state index is 0.410. The second-order valence-electron chi connectivity index (χ2n) is 2.38. The van der Waals surface area contributed by atoms with Crippen molar-refractivity contribution >= 4 is 12.0 Å². The number of hydrogen-bond donors (Lipinski definition) is 1. The van der Waals surface area contributed by atoms with E-state index in [1.807, 2.05) is 6.07 Å². The van der Waals surface area contributed by atoms with Crippen LogP contribution in [0.5, 0.6) is 5.75 Å². The largest absolute Gasteiger partial charge is 0.493 e. The summed E-state index contributed by atoms with van der Waals surface area (Å²) in [5.41, 5.74) is 6.18. The topological polar surface area (TPSA) is 52.3 Å². The van der Waals surface area contributed by atoms with Gasteiger partial charge in [0, 0.05) is 18.2 Å². The Morgan fingerprint density at radius 3 is 3.00 bits per heavy atom. The molecule has 0 heterocycles. The molecule has 0 amide bonds. The number of nitrogens with two attached hydrogens (primary N) is 1. The summed E-state index contributed by atoms with van der Waals surface area (Å²) >= 11 is 0. The molecule has 0 saturated heterocycles. The molecule has 1 aromatic carbocycles. The van der Waals surface area contributed by atoms with Crippen molar-refractivity contribution in [3.63, 3.8) is 0 Å². The zero-order valence-electron chi connectivity index (χ0n) is 6.69. The van der Waals surface area contributed by atoms with Crippen molar-refractivity contribution in [1.82, 2.24) is 0 Å². The van der Waals surface area contributed by atoms with E-state index in [-0.39, 0.29) is 0 Å². The molecule has 3 heteroatoms. The van der Waals surface area contributed by atoms with E-state index in [4.69, 9.17) is 10.5 Å². The Morgan fingerprint density at radius 2 is 2.33 bits per heavy atom. The van der Waals surface area contributed by atoms with Gasteiger partial charge in [-0.25, -0.2) is 0 Å². The molecule has 0 atom stereocenters. The van der Waals surface area contributed by atoms with Crippen molar-refractivity contribution in [1.29, 1.82) is 0 Å². The van der Waals surface area contributed by atoms with Gasteiger partial charge in [-0.2, -0.15) is 0 Å². The van der Waals surface area contributed by atoms with Crippen LogP contribution in [0.25, 0.3) is 0 Å². The van der Waals surface area contributed by atoms with Crippen LogP contribution in [-0.4, -0.2) is 12.9 Å². The summed E-state index contributed by atoms with van der Waals surface area (Å²) < 4.78 is 5.22. The van der Waals surface area contributed by atoms with Crippen molar-refractivity contribution in [2.75, 3.05) is 12.3 Å². The molecule has 0 aliphatic heterocycles. The van der Waals surface area contributed by atoms with Gasteiger partial charge in [0.05, 0.1) is 6.61 Å². The van der Waals surface area contributed by atoms with Gasteiger partial charge in [-0.05, 0) is 12.1 Å². The van der Waals surface area contributed by atoms with E-state index in [1.165, 1.54) is 0 Å². The monoisotopic (exact) mass is 165 g/mol. The molecule has 0 unspecified atom stereocenters. The lowest BCUT2D eigenvalue weighted by molar-refractivity contribution is -0.108. The average molecular weight is 165 g/mol. The van der Waals surface area contributed by atoms with Gasteiger partial charge in [0.2, 0.25) is 0 Å². The van der Waals surface area contributed by atoms with Gasteiger partial charge in [0.1, 0.15) is 12.0 Å². The number of carbonyl (C=O) groups is 1. The second kappa shape index (κ2) is 4.38. The van der Waals surface area contributed by atoms with E-state index in [9.17, 15) is 4.79 Å². The molecule has 2 N–H and O–H groups in total. The lowest BCUT2D eigenvalue weighted by atomic mass is 10.3. The quantitative estimate of drug-likeness (QED) is 0.415. The zero-order chi connectivity index (χ0) is 8.81. The summed E-state index contributed by atoms with van der Waals surface area (Å²) in [7, 11) is 0. The summed E-state index contributed by atoms with van der Waals surface area (Å²) in [6, 6.07) is 7.13. The summed E-state index contributed by atoms with van der Waals surface area (Å²) in [6.07, 6.45) is 1.24. The maximum absolute atomic E-state index is 9.96. The van der Waals surface area contributed by atoms with E-state index >= 15 is 0 Å². The Morgan fingerprint density at radius 1 is 1.50 bits per heavy atom. The van der Waals surface area contributed by atoms with Gasteiger partial charge in [0.15, 0.2) is 0 Å².